The van der Waals surface area contributed by atoms with E-state index in [9.17, 15) is 24.7 Å². The monoisotopic (exact) mass is 610 g/mol. The molecular formula is C17H19ClN8O5S5. The van der Waals surface area contributed by atoms with Gasteiger partial charge in [-0.2, -0.15) is 16.1 Å². The molecule has 2 aliphatic rings. The van der Waals surface area contributed by atoms with Crippen LogP contribution in [0, 0.1) is 0 Å². The first-order chi connectivity index (χ1) is 17.2. The second-order valence-corrected chi connectivity index (χ2v) is 13.7. The van der Waals surface area contributed by atoms with Gasteiger partial charge >= 0.3 is 5.97 Å². The van der Waals surface area contributed by atoms with Crippen LogP contribution >= 0.6 is 69.8 Å². The summed E-state index contributed by atoms with van der Waals surface area (Å²) in [5.41, 5.74) is 10.5. The summed E-state index contributed by atoms with van der Waals surface area (Å²) < 4.78 is 3.51. The lowest BCUT2D eigenvalue weighted by atomic mass is 10.0. The molecule has 0 aromatic carbocycles. The number of hydrogen-bond donors (Lipinski definition) is 5. The molecule has 0 bridgehead atoms. The van der Waals surface area contributed by atoms with Crippen LogP contribution in [0.4, 0.5) is 5.13 Å². The molecule has 0 spiro atoms. The zero-order valence-electron chi connectivity index (χ0n) is 18.1. The van der Waals surface area contributed by atoms with E-state index in [-0.39, 0.29) is 27.5 Å². The number of fused-ring (bicyclic) bond motifs is 1. The van der Waals surface area contributed by atoms with Crippen molar-refractivity contribution in [2.75, 3.05) is 30.3 Å². The third kappa shape index (κ3) is 5.39. The van der Waals surface area contributed by atoms with Crippen LogP contribution in [0.3, 0.4) is 0 Å². The van der Waals surface area contributed by atoms with Crippen molar-refractivity contribution in [3.63, 3.8) is 0 Å². The highest BCUT2D eigenvalue weighted by molar-refractivity contribution is 8.06. The number of carbonyl (C=O) groups is 3. The van der Waals surface area contributed by atoms with E-state index < -0.39 is 39.7 Å². The molecule has 0 radical (unpaired) electrons. The molecule has 2 amide bonds. The van der Waals surface area contributed by atoms with Gasteiger partial charge in [0.25, 0.3) is 5.91 Å². The number of anilines is 1. The molecule has 2 aromatic rings. The number of halogens is 1. The first-order valence-electron chi connectivity index (χ1n) is 10.1. The van der Waals surface area contributed by atoms with Crippen molar-refractivity contribution in [3.05, 3.63) is 15.9 Å². The van der Waals surface area contributed by atoms with Gasteiger partial charge in [0.05, 0.1) is 5.75 Å². The van der Waals surface area contributed by atoms with Crippen molar-refractivity contribution in [2.24, 2.45) is 10.9 Å². The Labute approximate surface area is 230 Å². The van der Waals surface area contributed by atoms with Crippen molar-refractivity contribution >= 4 is 98.4 Å². The second kappa shape index (κ2) is 11.3. The molecule has 194 valence electrons. The van der Waals surface area contributed by atoms with Crippen molar-refractivity contribution in [1.82, 2.24) is 24.6 Å². The Kier molecular flexibility index (Phi) is 8.52. The average Bonchev–Trinajstić information content (AvgIpc) is 3.43. The molecule has 13 nitrogen and oxygen atoms in total. The minimum Gasteiger partial charge on any atom is -0.480 e. The van der Waals surface area contributed by atoms with Crippen molar-refractivity contribution < 1.29 is 24.7 Å². The fourth-order valence-corrected chi connectivity index (χ4v) is 8.82. The van der Waals surface area contributed by atoms with Gasteiger partial charge in [-0.15, -0.1) is 11.8 Å². The number of thiazole rings is 1. The van der Waals surface area contributed by atoms with E-state index in [2.05, 4.69) is 24.8 Å². The number of nitrogens with zero attached hydrogens (tertiary/aromatic N) is 5. The summed E-state index contributed by atoms with van der Waals surface area (Å²) in [5.74, 6) is -0.266. The standard InChI is InChI=1S/C17H19ClN8O5S5/c18-10-7(23-15(20)34-10)8(24-31)11(27)22-9-12(28)26-4-17(14(29)30,5-33-13(9)26)35-16-21-6(25-36-16)3-32-2-1-19/h9,13,31H,1-5,19H2,(H2,20,23)(H,22,27)(H,29,30)/t9-,13-,17?/m1/s1. The summed E-state index contributed by atoms with van der Waals surface area (Å²) in [7, 11) is 0. The number of carboxylic acid groups (broad SMARTS) is 1. The smallest absolute Gasteiger partial charge is 0.322 e. The Morgan fingerprint density at radius 1 is 1.39 bits per heavy atom. The maximum atomic E-state index is 12.9. The maximum absolute atomic E-state index is 12.9. The summed E-state index contributed by atoms with van der Waals surface area (Å²) in [4.78, 5) is 47.5. The predicted molar refractivity (Wildman–Crippen MR) is 141 cm³/mol. The number of nitrogens with two attached hydrogens (primary N) is 2. The van der Waals surface area contributed by atoms with Crippen LogP contribution in [0.1, 0.15) is 11.5 Å². The zero-order chi connectivity index (χ0) is 26.0. The number of oxime groups is 1. The zero-order valence-corrected chi connectivity index (χ0v) is 23.0. The number of thioether (sulfide) groups is 3. The maximum Gasteiger partial charge on any atom is 0.322 e. The molecule has 0 aliphatic carbocycles. The number of carboxylic acids is 1. The summed E-state index contributed by atoms with van der Waals surface area (Å²) in [6, 6.07) is -0.932. The van der Waals surface area contributed by atoms with Gasteiger partial charge in [-0.1, -0.05) is 39.9 Å². The molecule has 2 aliphatic heterocycles. The molecule has 19 heteroatoms. The van der Waals surface area contributed by atoms with Crippen LogP contribution in [0.25, 0.3) is 0 Å². The fraction of sp³-hybridized carbons (Fsp3) is 0.471. The van der Waals surface area contributed by atoms with Crippen LogP contribution in [-0.2, 0) is 20.1 Å². The van der Waals surface area contributed by atoms with Gasteiger partial charge in [0.15, 0.2) is 21.0 Å². The first kappa shape index (κ1) is 27.2. The van der Waals surface area contributed by atoms with Gasteiger partial charge in [0.1, 0.15) is 26.2 Å². The number of rotatable bonds is 10. The third-order valence-electron chi connectivity index (χ3n) is 5.10. The van der Waals surface area contributed by atoms with Gasteiger partial charge in [-0.25, -0.2) is 9.97 Å². The summed E-state index contributed by atoms with van der Waals surface area (Å²) in [6.07, 6.45) is 0. The van der Waals surface area contributed by atoms with Gasteiger partial charge in [-0.05, 0) is 11.5 Å². The van der Waals surface area contributed by atoms with E-state index >= 15 is 0 Å². The minimum absolute atomic E-state index is 0.0603. The van der Waals surface area contributed by atoms with E-state index in [4.69, 9.17) is 23.1 Å². The number of amides is 2. The van der Waals surface area contributed by atoms with Crippen molar-refractivity contribution in [3.8, 4) is 0 Å². The largest absolute Gasteiger partial charge is 0.480 e. The summed E-state index contributed by atoms with van der Waals surface area (Å²) in [6.45, 7) is 0.478. The van der Waals surface area contributed by atoms with E-state index in [0.717, 1.165) is 40.4 Å². The molecule has 1 unspecified atom stereocenters. The van der Waals surface area contributed by atoms with E-state index in [1.807, 2.05) is 0 Å². The number of nitrogens with one attached hydrogen (secondary N) is 1. The molecule has 2 fully saturated rings. The van der Waals surface area contributed by atoms with E-state index in [0.29, 0.717) is 22.5 Å². The van der Waals surface area contributed by atoms with E-state index in [1.165, 1.54) is 16.7 Å². The highest BCUT2D eigenvalue weighted by Gasteiger charge is 2.58. The lowest BCUT2D eigenvalue weighted by molar-refractivity contribution is -0.151. The lowest BCUT2D eigenvalue weighted by Gasteiger charge is -2.53. The van der Waals surface area contributed by atoms with Crippen LogP contribution in [-0.4, -0.2) is 93.8 Å². The predicted octanol–water partition coefficient (Wildman–Crippen LogP) is 0.616. The topological polar surface area (TPSA) is 210 Å². The third-order valence-corrected chi connectivity index (χ3v) is 11.0. The highest BCUT2D eigenvalue weighted by atomic mass is 35.5. The Hall–Kier alpha value is -1.83. The minimum atomic E-state index is -1.32. The lowest BCUT2D eigenvalue weighted by Crippen LogP contribution is -2.74. The Morgan fingerprint density at radius 3 is 2.81 bits per heavy atom. The van der Waals surface area contributed by atoms with Crippen LogP contribution < -0.4 is 16.8 Å². The molecule has 2 saturated heterocycles. The number of carbonyl (C=O) groups excluding carboxylic acids is 2. The van der Waals surface area contributed by atoms with Gasteiger partial charge < -0.3 is 32.0 Å². The number of β-lactam (4-membered cyclic amide) rings is 1. The molecule has 4 rings (SSSR count). The number of aliphatic carboxylic acids is 1. The molecule has 7 N–H and O–H groups in total. The van der Waals surface area contributed by atoms with Crippen LogP contribution in [0.15, 0.2) is 9.50 Å². The summed E-state index contributed by atoms with van der Waals surface area (Å²) >= 11 is 11.9. The van der Waals surface area contributed by atoms with Crippen LogP contribution in [0.5, 0.6) is 0 Å². The molecule has 4 heterocycles. The molecule has 0 saturated carbocycles. The first-order valence-corrected chi connectivity index (χ1v) is 15.1. The molecule has 36 heavy (non-hydrogen) atoms. The van der Waals surface area contributed by atoms with Gasteiger partial charge in [-0.3, -0.25) is 14.4 Å². The van der Waals surface area contributed by atoms with Crippen LogP contribution in [0.2, 0.25) is 4.34 Å². The summed E-state index contributed by atoms with van der Waals surface area (Å²) in [5, 5.41) is 24.5. The fourth-order valence-electron chi connectivity index (χ4n) is 3.41. The van der Waals surface area contributed by atoms with E-state index in [1.54, 1.807) is 11.8 Å². The Bertz CT molecular complexity index is 1210. The second-order valence-electron chi connectivity index (χ2n) is 7.46. The molecule has 2 aromatic heterocycles. The Morgan fingerprint density at radius 2 is 2.17 bits per heavy atom. The molecule has 3 atom stereocenters. The number of hydrogen-bond acceptors (Lipinski definition) is 15. The van der Waals surface area contributed by atoms with Gasteiger partial charge in [0.2, 0.25) is 5.91 Å². The highest BCUT2D eigenvalue weighted by Crippen LogP contribution is 2.46. The quantitative estimate of drug-likeness (QED) is 0.0821. The van der Waals surface area contributed by atoms with Crippen molar-refractivity contribution in [1.29, 1.82) is 0 Å². The average molecular weight is 611 g/mol. The normalized spacial score (nSPS) is 23.8. The Balaban J connectivity index is 1.41. The van der Waals surface area contributed by atoms with Crippen molar-refractivity contribution in [2.45, 2.75) is 26.3 Å². The van der Waals surface area contributed by atoms with Gasteiger partial charge in [0, 0.05) is 24.6 Å². The SMILES string of the molecule is NCCSCc1nsc(SC2(C(=O)O)CS[C@@H]3[C@H](NC(=O)C(=NO)c4nc(N)sc4Cl)C(=O)N3C2)n1. The number of nitrogen functional groups attached to an aromatic ring is 1. The number of aromatic nitrogens is 3. The molecular weight excluding hydrogens is 592 g/mol.